The van der Waals surface area contributed by atoms with E-state index in [0.29, 0.717) is 22.6 Å². The lowest BCUT2D eigenvalue weighted by atomic mass is 10.1. The first kappa shape index (κ1) is 21.1. The molecule has 1 amide bonds. The van der Waals surface area contributed by atoms with Crippen molar-refractivity contribution in [3.63, 3.8) is 0 Å². The van der Waals surface area contributed by atoms with Crippen LogP contribution in [0.15, 0.2) is 47.4 Å². The van der Waals surface area contributed by atoms with Gasteiger partial charge in [-0.1, -0.05) is 6.07 Å². The van der Waals surface area contributed by atoms with Gasteiger partial charge in [-0.25, -0.2) is 13.4 Å². The highest BCUT2D eigenvalue weighted by molar-refractivity contribution is 7.92. The molecule has 29 heavy (non-hydrogen) atoms. The van der Waals surface area contributed by atoms with Crippen LogP contribution >= 0.6 is 0 Å². The number of hydrazine groups is 1. The summed E-state index contributed by atoms with van der Waals surface area (Å²) in [5.74, 6) is 0.319. The first-order valence-electron chi connectivity index (χ1n) is 9.30. The van der Waals surface area contributed by atoms with Crippen LogP contribution in [0, 0.1) is 6.92 Å². The van der Waals surface area contributed by atoms with Gasteiger partial charge in [-0.15, -0.1) is 0 Å². The standard InChI is InChI=1S/C20H26N4O4S/c1-15-4-9-18(29(26,27)22-16-5-7-17(28-3)8-6-16)14-19(15)20(25)21-24-12-10-23(2)11-13-24/h4-9,14,22H,10-13H2,1-3H3,(H,21,25). The molecule has 1 saturated heterocycles. The Balaban J connectivity index is 1.76. The molecule has 0 radical (unpaired) electrons. The normalized spacial score (nSPS) is 15.7. The van der Waals surface area contributed by atoms with Gasteiger partial charge in [0.05, 0.1) is 12.0 Å². The zero-order valence-corrected chi connectivity index (χ0v) is 17.6. The van der Waals surface area contributed by atoms with Crippen LogP contribution in [0.1, 0.15) is 15.9 Å². The number of methoxy groups -OCH3 is 1. The maximum Gasteiger partial charge on any atom is 0.265 e. The second-order valence-corrected chi connectivity index (χ2v) is 8.72. The zero-order valence-electron chi connectivity index (χ0n) is 16.8. The first-order valence-corrected chi connectivity index (χ1v) is 10.8. The van der Waals surface area contributed by atoms with E-state index in [1.165, 1.54) is 12.1 Å². The molecular formula is C20H26N4O4S. The Bertz CT molecular complexity index is 968. The summed E-state index contributed by atoms with van der Waals surface area (Å²) in [7, 11) is -0.260. The van der Waals surface area contributed by atoms with Gasteiger partial charge in [0.2, 0.25) is 0 Å². The molecule has 2 aromatic rings. The summed E-state index contributed by atoms with van der Waals surface area (Å²) in [5.41, 5.74) is 4.33. The van der Waals surface area contributed by atoms with Crippen molar-refractivity contribution in [2.24, 2.45) is 0 Å². The van der Waals surface area contributed by atoms with Gasteiger partial charge in [0, 0.05) is 37.4 Å². The van der Waals surface area contributed by atoms with E-state index >= 15 is 0 Å². The van der Waals surface area contributed by atoms with Crippen molar-refractivity contribution in [1.29, 1.82) is 0 Å². The van der Waals surface area contributed by atoms with E-state index < -0.39 is 10.0 Å². The van der Waals surface area contributed by atoms with Crippen LogP contribution in [0.5, 0.6) is 5.75 Å². The minimum absolute atomic E-state index is 0.0300. The Morgan fingerprint density at radius 2 is 1.69 bits per heavy atom. The third-order valence-corrected chi connectivity index (χ3v) is 6.25. The Morgan fingerprint density at radius 1 is 1.03 bits per heavy atom. The maximum absolute atomic E-state index is 12.8. The van der Waals surface area contributed by atoms with E-state index in [1.54, 1.807) is 44.4 Å². The molecule has 8 nitrogen and oxygen atoms in total. The maximum atomic E-state index is 12.8. The van der Waals surface area contributed by atoms with E-state index in [9.17, 15) is 13.2 Å². The molecule has 0 bridgehead atoms. The van der Waals surface area contributed by atoms with Gasteiger partial charge in [0.25, 0.3) is 15.9 Å². The van der Waals surface area contributed by atoms with Crippen molar-refractivity contribution in [1.82, 2.24) is 15.3 Å². The number of hydrogen-bond acceptors (Lipinski definition) is 6. The van der Waals surface area contributed by atoms with Gasteiger partial charge in [0.1, 0.15) is 5.75 Å². The van der Waals surface area contributed by atoms with Gasteiger partial charge in [-0.3, -0.25) is 14.9 Å². The number of likely N-dealkylation sites (N-methyl/N-ethyl adjacent to an activating group) is 1. The van der Waals surface area contributed by atoms with Crippen LogP contribution in [0.3, 0.4) is 0 Å². The number of ether oxygens (including phenoxy) is 1. The van der Waals surface area contributed by atoms with E-state index in [2.05, 4.69) is 15.0 Å². The number of carbonyl (C=O) groups excluding carboxylic acids is 1. The quantitative estimate of drug-likeness (QED) is 0.742. The van der Waals surface area contributed by atoms with E-state index in [4.69, 9.17) is 4.74 Å². The second-order valence-electron chi connectivity index (χ2n) is 7.04. The summed E-state index contributed by atoms with van der Waals surface area (Å²) in [6.45, 7) is 4.95. The highest BCUT2D eigenvalue weighted by Crippen LogP contribution is 2.21. The third-order valence-electron chi connectivity index (χ3n) is 4.87. The number of nitrogens with one attached hydrogen (secondary N) is 2. The molecule has 1 heterocycles. The number of hydrogen-bond donors (Lipinski definition) is 2. The molecule has 3 rings (SSSR count). The van der Waals surface area contributed by atoms with Crippen molar-refractivity contribution >= 4 is 21.6 Å². The summed E-state index contributed by atoms with van der Waals surface area (Å²) in [6.07, 6.45) is 0. The van der Waals surface area contributed by atoms with Crippen LogP contribution in [-0.4, -0.2) is 64.6 Å². The number of benzene rings is 2. The predicted octanol–water partition coefficient (Wildman–Crippen LogP) is 1.70. The zero-order chi connectivity index (χ0) is 21.0. The molecule has 9 heteroatoms. The lowest BCUT2D eigenvalue weighted by Gasteiger charge is -2.32. The van der Waals surface area contributed by atoms with Crippen molar-refractivity contribution in [3.8, 4) is 5.75 Å². The second kappa shape index (κ2) is 8.81. The SMILES string of the molecule is COc1ccc(NS(=O)(=O)c2ccc(C)c(C(=O)NN3CCN(C)CC3)c2)cc1. The van der Waals surface area contributed by atoms with Gasteiger partial charge in [-0.05, 0) is 55.9 Å². The van der Waals surface area contributed by atoms with Crippen molar-refractivity contribution < 1.29 is 17.9 Å². The average molecular weight is 419 g/mol. The van der Waals surface area contributed by atoms with Gasteiger partial charge < -0.3 is 9.64 Å². The molecule has 1 aliphatic heterocycles. The molecule has 156 valence electrons. The van der Waals surface area contributed by atoms with Crippen LogP contribution in [-0.2, 0) is 10.0 Å². The fourth-order valence-corrected chi connectivity index (χ4v) is 4.09. The summed E-state index contributed by atoms with van der Waals surface area (Å²) < 4.78 is 33.2. The largest absolute Gasteiger partial charge is 0.497 e. The molecule has 0 spiro atoms. The molecule has 0 aromatic heterocycles. The van der Waals surface area contributed by atoms with E-state index in [1.807, 2.05) is 12.1 Å². The summed E-state index contributed by atoms with van der Waals surface area (Å²) >= 11 is 0. The Morgan fingerprint density at radius 3 is 2.31 bits per heavy atom. The molecule has 2 aromatic carbocycles. The van der Waals surface area contributed by atoms with E-state index in [-0.39, 0.29) is 10.8 Å². The van der Waals surface area contributed by atoms with Crippen LogP contribution in [0.4, 0.5) is 5.69 Å². The summed E-state index contributed by atoms with van der Waals surface area (Å²) in [6, 6.07) is 11.1. The highest BCUT2D eigenvalue weighted by Gasteiger charge is 2.21. The third kappa shape index (κ3) is 5.26. The monoisotopic (exact) mass is 418 g/mol. The van der Waals surface area contributed by atoms with Crippen molar-refractivity contribution in [2.75, 3.05) is 45.1 Å². The average Bonchev–Trinajstić information content (AvgIpc) is 2.70. The topological polar surface area (TPSA) is 91.0 Å². The van der Waals surface area contributed by atoms with Crippen molar-refractivity contribution in [2.45, 2.75) is 11.8 Å². The number of carbonyl (C=O) groups is 1. The van der Waals surface area contributed by atoms with Gasteiger partial charge >= 0.3 is 0 Å². The fraction of sp³-hybridized carbons (Fsp3) is 0.350. The van der Waals surface area contributed by atoms with Crippen LogP contribution in [0.2, 0.25) is 0 Å². The first-order chi connectivity index (χ1) is 13.8. The number of sulfonamides is 1. The number of aryl methyl sites for hydroxylation is 1. The number of nitrogens with zero attached hydrogens (tertiary/aromatic N) is 2. The molecule has 1 fully saturated rings. The molecule has 0 saturated carbocycles. The van der Waals surface area contributed by atoms with Crippen LogP contribution in [0.25, 0.3) is 0 Å². The molecule has 1 aliphatic rings. The summed E-state index contributed by atoms with van der Waals surface area (Å²) in [4.78, 5) is 14.9. The van der Waals surface area contributed by atoms with Crippen LogP contribution < -0.4 is 14.9 Å². The smallest absolute Gasteiger partial charge is 0.265 e. The number of rotatable bonds is 6. The Kier molecular flexibility index (Phi) is 6.41. The molecular weight excluding hydrogens is 392 g/mol. The lowest BCUT2D eigenvalue weighted by molar-refractivity contribution is 0.0661. The molecule has 2 N–H and O–H groups in total. The minimum Gasteiger partial charge on any atom is -0.497 e. The van der Waals surface area contributed by atoms with E-state index in [0.717, 1.165) is 26.2 Å². The van der Waals surface area contributed by atoms with Crippen molar-refractivity contribution in [3.05, 3.63) is 53.6 Å². The Hall–Kier alpha value is -2.62. The number of anilines is 1. The number of amides is 1. The van der Waals surface area contributed by atoms with Gasteiger partial charge in [-0.2, -0.15) is 0 Å². The molecule has 0 atom stereocenters. The molecule has 0 unspecified atom stereocenters. The minimum atomic E-state index is -3.84. The summed E-state index contributed by atoms with van der Waals surface area (Å²) in [5, 5.41) is 1.86. The molecule has 0 aliphatic carbocycles. The fourth-order valence-electron chi connectivity index (χ4n) is 3.01. The van der Waals surface area contributed by atoms with Gasteiger partial charge in [0.15, 0.2) is 0 Å². The Labute approximate surface area is 171 Å². The predicted molar refractivity (Wildman–Crippen MR) is 112 cm³/mol. The number of piperazine rings is 1. The highest BCUT2D eigenvalue weighted by atomic mass is 32.2. The lowest BCUT2D eigenvalue weighted by Crippen LogP contribution is -2.52.